The van der Waals surface area contributed by atoms with E-state index in [1.165, 1.54) is 5.56 Å². The Morgan fingerprint density at radius 1 is 1.29 bits per heavy atom. The number of hydrogen-bond acceptors (Lipinski definition) is 2. The van der Waals surface area contributed by atoms with Crippen LogP contribution in [0.2, 0.25) is 0 Å². The van der Waals surface area contributed by atoms with Gasteiger partial charge in [-0.15, -0.1) is 11.3 Å². The summed E-state index contributed by atoms with van der Waals surface area (Å²) in [5.41, 5.74) is 3.87. The molecular formula is C14H11NOS. The predicted octanol–water partition coefficient (Wildman–Crippen LogP) is 3.55. The number of carbonyl (C=O) groups is 1. The van der Waals surface area contributed by atoms with Gasteiger partial charge in [0.1, 0.15) is 0 Å². The fourth-order valence-corrected chi connectivity index (χ4v) is 2.78. The highest BCUT2D eigenvalue weighted by molar-refractivity contribution is 7.11. The number of amides is 1. The van der Waals surface area contributed by atoms with E-state index in [2.05, 4.69) is 23.7 Å². The first-order chi connectivity index (χ1) is 8.24. The SMILES string of the molecule is Cc1csc(C=C2C(=O)Nc3ccccc32)c1. The van der Waals surface area contributed by atoms with Gasteiger partial charge in [0.2, 0.25) is 0 Å². The average molecular weight is 241 g/mol. The lowest BCUT2D eigenvalue weighted by Gasteiger charge is -1.95. The summed E-state index contributed by atoms with van der Waals surface area (Å²) in [7, 11) is 0. The first-order valence-corrected chi connectivity index (χ1v) is 6.29. The molecule has 1 aliphatic rings. The second-order valence-corrected chi connectivity index (χ2v) is 5.03. The molecule has 84 valence electrons. The Bertz CT molecular complexity index is 625. The van der Waals surface area contributed by atoms with Crippen LogP contribution in [0.4, 0.5) is 5.69 Å². The molecule has 2 heterocycles. The predicted molar refractivity (Wildman–Crippen MR) is 72.0 cm³/mol. The van der Waals surface area contributed by atoms with Crippen LogP contribution in [0.25, 0.3) is 11.6 Å². The van der Waals surface area contributed by atoms with Crippen molar-refractivity contribution in [3.63, 3.8) is 0 Å². The van der Waals surface area contributed by atoms with E-state index < -0.39 is 0 Å². The van der Waals surface area contributed by atoms with Crippen LogP contribution in [0, 0.1) is 6.92 Å². The van der Waals surface area contributed by atoms with Crippen molar-refractivity contribution in [2.45, 2.75) is 6.92 Å². The zero-order valence-corrected chi connectivity index (χ0v) is 10.2. The second-order valence-electron chi connectivity index (χ2n) is 4.08. The highest BCUT2D eigenvalue weighted by Crippen LogP contribution is 2.33. The number of benzene rings is 1. The molecule has 1 aromatic carbocycles. The van der Waals surface area contributed by atoms with E-state index in [1.54, 1.807) is 11.3 Å². The maximum atomic E-state index is 11.9. The molecule has 3 heteroatoms. The lowest BCUT2D eigenvalue weighted by Crippen LogP contribution is -2.03. The third kappa shape index (κ3) is 1.78. The monoisotopic (exact) mass is 241 g/mol. The highest BCUT2D eigenvalue weighted by Gasteiger charge is 2.23. The molecule has 2 nitrogen and oxygen atoms in total. The van der Waals surface area contributed by atoms with Crippen LogP contribution in [0.3, 0.4) is 0 Å². The summed E-state index contributed by atoms with van der Waals surface area (Å²) in [6, 6.07) is 9.86. The van der Waals surface area contributed by atoms with E-state index in [0.717, 1.165) is 21.7 Å². The summed E-state index contributed by atoms with van der Waals surface area (Å²) in [5.74, 6) is -0.0164. The van der Waals surface area contributed by atoms with Crippen molar-refractivity contribution in [3.8, 4) is 0 Å². The Labute approximate surface area is 104 Å². The van der Waals surface area contributed by atoms with Crippen molar-refractivity contribution in [1.29, 1.82) is 0 Å². The normalized spacial score (nSPS) is 16.1. The summed E-state index contributed by atoms with van der Waals surface area (Å²) < 4.78 is 0. The van der Waals surface area contributed by atoms with E-state index >= 15 is 0 Å². The number of fused-ring (bicyclic) bond motifs is 1. The molecule has 3 rings (SSSR count). The smallest absolute Gasteiger partial charge is 0.256 e. The Morgan fingerprint density at radius 2 is 2.12 bits per heavy atom. The summed E-state index contributed by atoms with van der Waals surface area (Å²) in [4.78, 5) is 13.0. The van der Waals surface area contributed by atoms with Crippen LogP contribution in [0.1, 0.15) is 16.0 Å². The first kappa shape index (κ1) is 10.3. The summed E-state index contributed by atoms with van der Waals surface area (Å²) >= 11 is 1.66. The number of thiophene rings is 1. The quantitative estimate of drug-likeness (QED) is 0.760. The van der Waals surface area contributed by atoms with Crippen LogP contribution in [0.5, 0.6) is 0 Å². The van der Waals surface area contributed by atoms with Gasteiger partial charge in [-0.05, 0) is 36.1 Å². The summed E-state index contributed by atoms with van der Waals surface area (Å²) in [6.07, 6.45) is 1.96. The van der Waals surface area contributed by atoms with Crippen molar-refractivity contribution >= 4 is 34.6 Å². The van der Waals surface area contributed by atoms with Crippen molar-refractivity contribution < 1.29 is 4.79 Å². The van der Waals surface area contributed by atoms with Gasteiger partial charge < -0.3 is 5.32 Å². The maximum absolute atomic E-state index is 11.9. The van der Waals surface area contributed by atoms with E-state index in [9.17, 15) is 4.79 Å². The molecule has 0 radical (unpaired) electrons. The van der Waals surface area contributed by atoms with Crippen molar-refractivity contribution in [2.24, 2.45) is 0 Å². The van der Waals surface area contributed by atoms with Gasteiger partial charge in [-0.25, -0.2) is 0 Å². The number of para-hydroxylation sites is 1. The molecule has 0 aliphatic carbocycles. The minimum atomic E-state index is -0.0164. The Balaban J connectivity index is 2.09. The largest absolute Gasteiger partial charge is 0.321 e. The third-order valence-electron chi connectivity index (χ3n) is 2.75. The van der Waals surface area contributed by atoms with Gasteiger partial charge in [0, 0.05) is 16.1 Å². The molecule has 0 bridgehead atoms. The number of anilines is 1. The third-order valence-corrected chi connectivity index (χ3v) is 3.74. The molecule has 0 unspecified atom stereocenters. The molecule has 2 aromatic rings. The zero-order chi connectivity index (χ0) is 11.8. The summed E-state index contributed by atoms with van der Waals surface area (Å²) in [6.45, 7) is 2.06. The fourth-order valence-electron chi connectivity index (χ4n) is 1.95. The number of nitrogens with one attached hydrogen (secondary N) is 1. The van der Waals surface area contributed by atoms with Crippen molar-refractivity contribution in [3.05, 3.63) is 51.7 Å². The standard InChI is InChI=1S/C14H11NOS/c1-9-6-10(17-8-9)7-12-11-4-2-3-5-13(11)15-14(12)16/h2-8H,1H3,(H,15,16). The van der Waals surface area contributed by atoms with Gasteiger partial charge in [0.25, 0.3) is 5.91 Å². The molecular weight excluding hydrogens is 230 g/mol. The zero-order valence-electron chi connectivity index (χ0n) is 9.36. The van der Waals surface area contributed by atoms with Gasteiger partial charge in [-0.1, -0.05) is 18.2 Å². The van der Waals surface area contributed by atoms with Crippen molar-refractivity contribution in [1.82, 2.24) is 0 Å². The van der Waals surface area contributed by atoms with E-state index in [4.69, 9.17) is 0 Å². The van der Waals surface area contributed by atoms with Crippen LogP contribution in [-0.4, -0.2) is 5.91 Å². The molecule has 1 N–H and O–H groups in total. The van der Waals surface area contributed by atoms with Crippen LogP contribution in [0.15, 0.2) is 35.7 Å². The molecule has 1 amide bonds. The molecule has 0 atom stereocenters. The van der Waals surface area contributed by atoms with Crippen molar-refractivity contribution in [2.75, 3.05) is 5.32 Å². The lowest BCUT2D eigenvalue weighted by atomic mass is 10.1. The number of rotatable bonds is 1. The molecule has 0 saturated carbocycles. The lowest BCUT2D eigenvalue weighted by molar-refractivity contribution is -0.110. The van der Waals surface area contributed by atoms with E-state index in [0.29, 0.717) is 0 Å². The minimum Gasteiger partial charge on any atom is -0.321 e. The number of hydrogen-bond donors (Lipinski definition) is 1. The van der Waals surface area contributed by atoms with Crippen LogP contribution < -0.4 is 5.32 Å². The van der Waals surface area contributed by atoms with Gasteiger partial charge >= 0.3 is 0 Å². The van der Waals surface area contributed by atoms with E-state index in [1.807, 2.05) is 30.3 Å². The molecule has 1 aromatic heterocycles. The Kier molecular flexibility index (Phi) is 2.34. The fraction of sp³-hybridized carbons (Fsp3) is 0.0714. The maximum Gasteiger partial charge on any atom is 0.256 e. The molecule has 1 aliphatic heterocycles. The van der Waals surface area contributed by atoms with Gasteiger partial charge in [0.05, 0.1) is 5.57 Å². The second kappa shape index (κ2) is 3.86. The molecule has 0 spiro atoms. The molecule has 0 saturated heterocycles. The number of aryl methyl sites for hydroxylation is 1. The highest BCUT2D eigenvalue weighted by atomic mass is 32.1. The topological polar surface area (TPSA) is 29.1 Å². The summed E-state index contributed by atoms with van der Waals surface area (Å²) in [5, 5.41) is 4.96. The van der Waals surface area contributed by atoms with Gasteiger partial charge in [-0.3, -0.25) is 4.79 Å². The Morgan fingerprint density at radius 3 is 2.88 bits per heavy atom. The molecule has 17 heavy (non-hydrogen) atoms. The van der Waals surface area contributed by atoms with Gasteiger partial charge in [-0.2, -0.15) is 0 Å². The van der Waals surface area contributed by atoms with Crippen LogP contribution >= 0.6 is 11.3 Å². The van der Waals surface area contributed by atoms with E-state index in [-0.39, 0.29) is 5.91 Å². The van der Waals surface area contributed by atoms with Crippen LogP contribution in [-0.2, 0) is 4.79 Å². The average Bonchev–Trinajstić information content (AvgIpc) is 2.85. The molecule has 0 fully saturated rings. The first-order valence-electron chi connectivity index (χ1n) is 5.41. The number of carbonyl (C=O) groups excluding carboxylic acids is 1. The van der Waals surface area contributed by atoms with Gasteiger partial charge in [0.15, 0.2) is 0 Å². The Hall–Kier alpha value is -1.87. The minimum absolute atomic E-state index is 0.0164.